The van der Waals surface area contributed by atoms with Gasteiger partial charge in [0.15, 0.2) is 0 Å². The summed E-state index contributed by atoms with van der Waals surface area (Å²) in [6.45, 7) is 1.18. The van der Waals surface area contributed by atoms with Gasteiger partial charge >= 0.3 is 0 Å². The van der Waals surface area contributed by atoms with Crippen LogP contribution in [-0.4, -0.2) is 6.21 Å². The van der Waals surface area contributed by atoms with Gasteiger partial charge in [0.25, 0.3) is 0 Å². The highest BCUT2D eigenvalue weighted by atomic mass is 35.5. The van der Waals surface area contributed by atoms with Gasteiger partial charge in [-0.15, -0.1) is 0 Å². The predicted octanol–water partition coefficient (Wildman–Crippen LogP) is 5.04. The summed E-state index contributed by atoms with van der Waals surface area (Å²) >= 11 is 5.99. The van der Waals surface area contributed by atoms with Crippen molar-refractivity contribution in [3.8, 4) is 5.75 Å². The Balaban J connectivity index is 1.53. The summed E-state index contributed by atoms with van der Waals surface area (Å²) in [5.41, 5.74) is 6.25. The molecule has 3 aromatic rings. The summed E-state index contributed by atoms with van der Waals surface area (Å²) in [5.74, 6) is 0.798. The molecule has 0 radical (unpaired) electrons. The zero-order valence-corrected chi connectivity index (χ0v) is 14.5. The molecule has 4 heteroatoms. The van der Waals surface area contributed by atoms with E-state index in [1.807, 2.05) is 66.7 Å². The smallest absolute Gasteiger partial charge is 0.120 e. The first kappa shape index (κ1) is 17.1. The van der Waals surface area contributed by atoms with Crippen molar-refractivity contribution in [2.24, 2.45) is 5.10 Å². The third kappa shape index (κ3) is 5.66. The Morgan fingerprint density at radius 1 is 0.880 bits per heavy atom. The Kier molecular flexibility index (Phi) is 6.07. The van der Waals surface area contributed by atoms with Gasteiger partial charge in [-0.2, -0.15) is 5.10 Å². The number of nitrogens with one attached hydrogen (secondary N) is 1. The van der Waals surface area contributed by atoms with E-state index in [-0.39, 0.29) is 0 Å². The van der Waals surface area contributed by atoms with Crippen molar-refractivity contribution >= 4 is 17.8 Å². The maximum Gasteiger partial charge on any atom is 0.120 e. The van der Waals surface area contributed by atoms with Gasteiger partial charge in [0.1, 0.15) is 12.4 Å². The Morgan fingerprint density at radius 3 is 2.52 bits per heavy atom. The van der Waals surface area contributed by atoms with Crippen LogP contribution in [0.3, 0.4) is 0 Å². The fraction of sp³-hybridized carbons (Fsp3) is 0.0952. The maximum absolute atomic E-state index is 5.99. The lowest BCUT2D eigenvalue weighted by molar-refractivity contribution is 0.306. The van der Waals surface area contributed by atoms with E-state index in [4.69, 9.17) is 16.3 Å². The number of halogens is 1. The average Bonchev–Trinajstić information content (AvgIpc) is 2.65. The summed E-state index contributed by atoms with van der Waals surface area (Å²) in [6, 6.07) is 25.6. The Labute approximate surface area is 152 Å². The van der Waals surface area contributed by atoms with E-state index in [1.54, 1.807) is 6.21 Å². The van der Waals surface area contributed by atoms with Crippen LogP contribution in [-0.2, 0) is 13.2 Å². The molecule has 0 spiro atoms. The third-order valence-corrected chi connectivity index (χ3v) is 3.82. The molecule has 1 N–H and O–H groups in total. The molecule has 0 bridgehead atoms. The summed E-state index contributed by atoms with van der Waals surface area (Å²) in [5, 5.41) is 4.97. The van der Waals surface area contributed by atoms with E-state index in [1.165, 1.54) is 5.56 Å². The minimum atomic E-state index is 0.480. The molecule has 3 aromatic carbocycles. The van der Waals surface area contributed by atoms with Crippen LogP contribution >= 0.6 is 11.6 Å². The van der Waals surface area contributed by atoms with E-state index >= 15 is 0 Å². The second-order valence-electron chi connectivity index (χ2n) is 5.57. The van der Waals surface area contributed by atoms with Crippen LogP contribution in [0.2, 0.25) is 5.02 Å². The van der Waals surface area contributed by atoms with Gasteiger partial charge in [-0.25, -0.2) is 0 Å². The molecule has 0 amide bonds. The number of hydrogen-bond acceptors (Lipinski definition) is 3. The van der Waals surface area contributed by atoms with E-state index in [9.17, 15) is 0 Å². The Hall–Kier alpha value is -2.78. The molecule has 0 unspecified atom stereocenters. The molecule has 0 aliphatic carbocycles. The fourth-order valence-corrected chi connectivity index (χ4v) is 2.54. The van der Waals surface area contributed by atoms with Gasteiger partial charge in [-0.3, -0.25) is 0 Å². The SMILES string of the molecule is Clc1cccc(COc2cccc(C=NNCc3ccccc3)c2)c1. The second kappa shape index (κ2) is 8.90. The van der Waals surface area contributed by atoms with Crippen molar-refractivity contribution in [3.63, 3.8) is 0 Å². The summed E-state index contributed by atoms with van der Waals surface area (Å²) in [7, 11) is 0. The van der Waals surface area contributed by atoms with Crippen LogP contribution in [0.25, 0.3) is 0 Å². The van der Waals surface area contributed by atoms with Crippen molar-refractivity contribution in [3.05, 3.63) is 101 Å². The van der Waals surface area contributed by atoms with Crippen LogP contribution in [0.4, 0.5) is 0 Å². The van der Waals surface area contributed by atoms with Gasteiger partial charge in [0.2, 0.25) is 0 Å². The molecule has 0 aliphatic rings. The largest absolute Gasteiger partial charge is 0.489 e. The monoisotopic (exact) mass is 350 g/mol. The number of benzene rings is 3. The molecule has 0 heterocycles. The number of ether oxygens (including phenoxy) is 1. The highest BCUT2D eigenvalue weighted by molar-refractivity contribution is 6.30. The first-order valence-electron chi connectivity index (χ1n) is 8.07. The fourth-order valence-electron chi connectivity index (χ4n) is 2.33. The minimum absolute atomic E-state index is 0.480. The summed E-state index contributed by atoms with van der Waals surface area (Å²) in [4.78, 5) is 0. The lowest BCUT2D eigenvalue weighted by atomic mass is 10.2. The molecule has 0 atom stereocenters. The Morgan fingerprint density at radius 2 is 1.68 bits per heavy atom. The van der Waals surface area contributed by atoms with Crippen molar-refractivity contribution in [1.82, 2.24) is 5.43 Å². The lowest BCUT2D eigenvalue weighted by Gasteiger charge is -2.07. The number of hydrazone groups is 1. The van der Waals surface area contributed by atoms with Crippen molar-refractivity contribution in [1.29, 1.82) is 0 Å². The van der Waals surface area contributed by atoms with Gasteiger partial charge < -0.3 is 10.2 Å². The predicted molar refractivity (Wildman–Crippen MR) is 103 cm³/mol. The van der Waals surface area contributed by atoms with Gasteiger partial charge in [-0.1, -0.05) is 66.2 Å². The molecule has 3 rings (SSSR count). The third-order valence-electron chi connectivity index (χ3n) is 3.58. The molecule has 0 fully saturated rings. The van der Waals surface area contributed by atoms with Crippen LogP contribution in [0, 0.1) is 0 Å². The highest BCUT2D eigenvalue weighted by Crippen LogP contribution is 2.16. The molecule has 25 heavy (non-hydrogen) atoms. The zero-order valence-electron chi connectivity index (χ0n) is 13.7. The van der Waals surface area contributed by atoms with E-state index in [0.29, 0.717) is 18.2 Å². The van der Waals surface area contributed by atoms with Crippen molar-refractivity contribution in [2.45, 2.75) is 13.2 Å². The number of rotatable bonds is 7. The first-order chi connectivity index (χ1) is 12.3. The number of nitrogens with zero attached hydrogens (tertiary/aromatic N) is 1. The van der Waals surface area contributed by atoms with E-state index < -0.39 is 0 Å². The Bertz CT molecular complexity index is 834. The summed E-state index contributed by atoms with van der Waals surface area (Å²) < 4.78 is 5.82. The molecular weight excluding hydrogens is 332 g/mol. The minimum Gasteiger partial charge on any atom is -0.489 e. The quantitative estimate of drug-likeness (QED) is 0.478. The molecule has 0 saturated heterocycles. The van der Waals surface area contributed by atoms with Crippen LogP contribution in [0.15, 0.2) is 84.0 Å². The molecule has 0 aromatic heterocycles. The van der Waals surface area contributed by atoms with Crippen LogP contribution in [0.5, 0.6) is 5.75 Å². The molecule has 126 valence electrons. The van der Waals surface area contributed by atoms with Crippen molar-refractivity contribution in [2.75, 3.05) is 0 Å². The van der Waals surface area contributed by atoms with E-state index in [0.717, 1.165) is 16.9 Å². The standard InChI is InChI=1S/C21H19ClN2O/c22-20-10-4-9-19(12-20)16-25-21-11-5-8-18(13-21)15-24-23-14-17-6-2-1-3-7-17/h1-13,15,23H,14,16H2. The van der Waals surface area contributed by atoms with Gasteiger partial charge in [0, 0.05) is 5.02 Å². The average molecular weight is 351 g/mol. The van der Waals surface area contributed by atoms with E-state index in [2.05, 4.69) is 22.7 Å². The first-order valence-corrected chi connectivity index (χ1v) is 8.44. The molecular formula is C21H19ClN2O. The van der Waals surface area contributed by atoms with Gasteiger partial charge in [-0.05, 0) is 41.0 Å². The number of hydrogen-bond donors (Lipinski definition) is 1. The molecule has 3 nitrogen and oxygen atoms in total. The van der Waals surface area contributed by atoms with Crippen LogP contribution < -0.4 is 10.2 Å². The van der Waals surface area contributed by atoms with Crippen molar-refractivity contribution < 1.29 is 4.74 Å². The summed E-state index contributed by atoms with van der Waals surface area (Å²) in [6.07, 6.45) is 1.79. The maximum atomic E-state index is 5.99. The molecule has 0 aliphatic heterocycles. The topological polar surface area (TPSA) is 33.6 Å². The zero-order chi connectivity index (χ0) is 17.3. The molecule has 0 saturated carbocycles. The lowest BCUT2D eigenvalue weighted by Crippen LogP contribution is -2.05. The normalized spacial score (nSPS) is 10.8. The van der Waals surface area contributed by atoms with Gasteiger partial charge in [0.05, 0.1) is 12.8 Å². The van der Waals surface area contributed by atoms with Crippen LogP contribution in [0.1, 0.15) is 16.7 Å². The highest BCUT2D eigenvalue weighted by Gasteiger charge is 1.98. The second-order valence-corrected chi connectivity index (χ2v) is 6.01.